The van der Waals surface area contributed by atoms with E-state index in [0.29, 0.717) is 37.7 Å². The second kappa shape index (κ2) is 10.6. The third-order valence-electron chi connectivity index (χ3n) is 5.91. The molecule has 3 aromatic heterocycles. The predicted molar refractivity (Wildman–Crippen MR) is 126 cm³/mol. The van der Waals surface area contributed by atoms with Crippen LogP contribution in [0.2, 0.25) is 0 Å². The first-order valence-corrected chi connectivity index (χ1v) is 12.4. The van der Waals surface area contributed by atoms with Gasteiger partial charge in [-0.3, -0.25) is 14.5 Å². The minimum absolute atomic E-state index is 0.0771. The smallest absolute Gasteiger partial charge is 0.305 e. The Morgan fingerprint density at radius 1 is 1.45 bits per heavy atom. The van der Waals surface area contributed by atoms with E-state index in [9.17, 15) is 14.7 Å². The van der Waals surface area contributed by atoms with Gasteiger partial charge < -0.3 is 19.2 Å². The van der Waals surface area contributed by atoms with Crippen LogP contribution in [0.4, 0.5) is 0 Å². The van der Waals surface area contributed by atoms with Crippen molar-refractivity contribution in [2.45, 2.75) is 65.1 Å². The van der Waals surface area contributed by atoms with E-state index in [-0.39, 0.29) is 24.7 Å². The fourth-order valence-corrected chi connectivity index (χ4v) is 5.71. The van der Waals surface area contributed by atoms with Gasteiger partial charge in [-0.15, -0.1) is 11.3 Å². The molecule has 2 unspecified atom stereocenters. The van der Waals surface area contributed by atoms with Crippen LogP contribution in [-0.2, 0) is 35.5 Å². The third kappa shape index (κ3) is 5.90. The molecule has 2 atom stereocenters. The molecule has 3 heterocycles. The summed E-state index contributed by atoms with van der Waals surface area (Å²) in [7, 11) is 0. The number of aromatic nitrogens is 2. The molecule has 0 saturated carbocycles. The number of hydrogen-bond donors (Lipinski definition) is 2. The van der Waals surface area contributed by atoms with E-state index in [4.69, 9.17) is 14.1 Å². The number of aliphatic hydroxyl groups excluding tert-OH is 1. The average molecular weight is 474 g/mol. The van der Waals surface area contributed by atoms with Crippen molar-refractivity contribution in [3.05, 3.63) is 50.8 Å². The van der Waals surface area contributed by atoms with Crippen LogP contribution in [-0.4, -0.2) is 45.2 Å². The average Bonchev–Trinajstić information content (AvgIpc) is 3.39. The first-order chi connectivity index (χ1) is 15.9. The van der Waals surface area contributed by atoms with Gasteiger partial charge >= 0.3 is 5.97 Å². The maximum atomic E-state index is 12.9. The Labute approximate surface area is 196 Å². The van der Waals surface area contributed by atoms with E-state index in [2.05, 4.69) is 11.9 Å². The summed E-state index contributed by atoms with van der Waals surface area (Å²) in [6, 6.07) is 3.66. The number of hydrogen-bond acceptors (Lipinski definition) is 8. The van der Waals surface area contributed by atoms with Crippen molar-refractivity contribution in [1.29, 1.82) is 0 Å². The Hall–Kier alpha value is -2.49. The number of aliphatic hydroxyl groups is 1. The van der Waals surface area contributed by atoms with Gasteiger partial charge in [0.05, 0.1) is 24.7 Å². The van der Waals surface area contributed by atoms with Gasteiger partial charge in [0.25, 0.3) is 5.56 Å². The lowest BCUT2D eigenvalue weighted by atomic mass is 9.89. The molecule has 4 rings (SSSR count). The van der Waals surface area contributed by atoms with E-state index < -0.39 is 6.10 Å². The Kier molecular flexibility index (Phi) is 7.62. The summed E-state index contributed by atoms with van der Waals surface area (Å²) < 4.78 is 10.6. The molecule has 0 bridgehead atoms. The van der Waals surface area contributed by atoms with E-state index in [1.807, 2.05) is 17.9 Å². The molecule has 9 heteroatoms. The van der Waals surface area contributed by atoms with Crippen LogP contribution in [0.5, 0.6) is 0 Å². The zero-order valence-electron chi connectivity index (χ0n) is 19.1. The maximum Gasteiger partial charge on any atom is 0.305 e. The van der Waals surface area contributed by atoms with Crippen molar-refractivity contribution < 1.29 is 19.1 Å². The van der Waals surface area contributed by atoms with Crippen LogP contribution in [0.25, 0.3) is 10.2 Å². The van der Waals surface area contributed by atoms with Crippen molar-refractivity contribution in [2.75, 3.05) is 13.2 Å². The van der Waals surface area contributed by atoms with Crippen molar-refractivity contribution in [3.8, 4) is 0 Å². The summed E-state index contributed by atoms with van der Waals surface area (Å²) in [6.07, 6.45) is 4.78. The molecule has 33 heavy (non-hydrogen) atoms. The SMILES string of the molecule is CCCC(=O)OCC(O)CN(Cc1nc2sc3c(c2c(=O)[nH]1)CCC(C)C3)Cc1ccco1. The maximum absolute atomic E-state index is 12.9. The highest BCUT2D eigenvalue weighted by Gasteiger charge is 2.24. The summed E-state index contributed by atoms with van der Waals surface area (Å²) in [6.45, 7) is 5.05. The number of H-pyrrole nitrogens is 1. The molecule has 178 valence electrons. The number of carbonyl (C=O) groups is 1. The summed E-state index contributed by atoms with van der Waals surface area (Å²) in [5.74, 6) is 1.58. The van der Waals surface area contributed by atoms with E-state index in [0.717, 1.165) is 40.8 Å². The number of aromatic amines is 1. The summed E-state index contributed by atoms with van der Waals surface area (Å²) in [5.41, 5.74) is 1.05. The number of carbonyl (C=O) groups excluding carboxylic acids is 1. The zero-order valence-corrected chi connectivity index (χ0v) is 20.0. The number of furan rings is 1. The lowest BCUT2D eigenvalue weighted by molar-refractivity contribution is -0.147. The lowest BCUT2D eigenvalue weighted by Gasteiger charge is -2.23. The van der Waals surface area contributed by atoms with E-state index in [1.54, 1.807) is 23.7 Å². The van der Waals surface area contributed by atoms with Crippen LogP contribution >= 0.6 is 11.3 Å². The Bertz CT molecular complexity index is 1140. The van der Waals surface area contributed by atoms with Crippen molar-refractivity contribution in [3.63, 3.8) is 0 Å². The van der Waals surface area contributed by atoms with E-state index >= 15 is 0 Å². The Morgan fingerprint density at radius 2 is 2.30 bits per heavy atom. The van der Waals surface area contributed by atoms with Crippen LogP contribution < -0.4 is 5.56 Å². The van der Waals surface area contributed by atoms with Gasteiger partial charge in [0, 0.05) is 17.8 Å². The Balaban J connectivity index is 1.51. The number of nitrogens with one attached hydrogen (secondary N) is 1. The minimum atomic E-state index is -0.869. The molecule has 2 N–H and O–H groups in total. The van der Waals surface area contributed by atoms with Crippen molar-refractivity contribution in [2.24, 2.45) is 5.92 Å². The number of ether oxygens (including phenoxy) is 1. The van der Waals surface area contributed by atoms with E-state index in [1.165, 1.54) is 4.88 Å². The third-order valence-corrected chi connectivity index (χ3v) is 7.06. The normalized spacial score (nSPS) is 16.8. The molecule has 0 amide bonds. The highest BCUT2D eigenvalue weighted by molar-refractivity contribution is 7.18. The fourth-order valence-electron chi connectivity index (χ4n) is 4.30. The first-order valence-electron chi connectivity index (χ1n) is 11.5. The molecule has 1 aliphatic carbocycles. The van der Waals surface area contributed by atoms with Crippen LogP contribution in [0, 0.1) is 5.92 Å². The highest BCUT2D eigenvalue weighted by atomic mass is 32.1. The summed E-state index contributed by atoms with van der Waals surface area (Å²) in [5, 5.41) is 11.2. The molecule has 0 aliphatic heterocycles. The molecule has 1 aliphatic rings. The topological polar surface area (TPSA) is 109 Å². The number of nitrogens with zero attached hydrogens (tertiary/aromatic N) is 2. The number of esters is 1. The second-order valence-electron chi connectivity index (χ2n) is 8.88. The predicted octanol–water partition coefficient (Wildman–Crippen LogP) is 3.41. The number of aryl methyl sites for hydroxylation is 1. The largest absolute Gasteiger partial charge is 0.468 e. The first kappa shape index (κ1) is 23.7. The van der Waals surface area contributed by atoms with Gasteiger partial charge in [-0.25, -0.2) is 4.98 Å². The van der Waals surface area contributed by atoms with Crippen molar-refractivity contribution >= 4 is 27.5 Å². The minimum Gasteiger partial charge on any atom is -0.468 e. The molecule has 0 spiro atoms. The van der Waals surface area contributed by atoms with Gasteiger partial charge in [0.15, 0.2) is 0 Å². The number of thiophene rings is 1. The monoisotopic (exact) mass is 473 g/mol. The second-order valence-corrected chi connectivity index (χ2v) is 9.96. The van der Waals surface area contributed by atoms with Crippen LogP contribution in [0.3, 0.4) is 0 Å². The molecule has 0 saturated heterocycles. The number of rotatable bonds is 10. The molecular weight excluding hydrogens is 442 g/mol. The van der Waals surface area contributed by atoms with Gasteiger partial charge in [0.2, 0.25) is 0 Å². The zero-order chi connectivity index (χ0) is 23.4. The quantitative estimate of drug-likeness (QED) is 0.434. The highest BCUT2D eigenvalue weighted by Crippen LogP contribution is 2.35. The van der Waals surface area contributed by atoms with Crippen molar-refractivity contribution in [1.82, 2.24) is 14.9 Å². The fraction of sp³-hybridized carbons (Fsp3) is 0.542. The molecule has 8 nitrogen and oxygen atoms in total. The lowest BCUT2D eigenvalue weighted by Crippen LogP contribution is -2.35. The molecule has 0 radical (unpaired) electrons. The molecule has 3 aromatic rings. The summed E-state index contributed by atoms with van der Waals surface area (Å²) >= 11 is 1.62. The van der Waals surface area contributed by atoms with Crippen LogP contribution in [0.1, 0.15) is 55.1 Å². The van der Waals surface area contributed by atoms with Gasteiger partial charge in [-0.2, -0.15) is 0 Å². The molecule has 0 aromatic carbocycles. The molecular formula is C24H31N3O5S. The van der Waals surface area contributed by atoms with Gasteiger partial charge in [-0.1, -0.05) is 13.8 Å². The van der Waals surface area contributed by atoms with Crippen LogP contribution in [0.15, 0.2) is 27.6 Å². The number of fused-ring (bicyclic) bond motifs is 3. The molecule has 0 fully saturated rings. The van der Waals surface area contributed by atoms with Gasteiger partial charge in [-0.05, 0) is 49.3 Å². The van der Waals surface area contributed by atoms with Gasteiger partial charge in [0.1, 0.15) is 29.1 Å². The summed E-state index contributed by atoms with van der Waals surface area (Å²) in [4.78, 5) is 36.3. The standard InChI is InChI=1S/C24H31N3O5S/c1-3-5-21(29)32-14-16(28)11-27(12-17-6-4-9-31-17)13-20-25-23(30)22-18-8-7-15(2)10-19(18)33-24(22)26-20/h4,6,9,15-16,28H,3,5,7-8,10-14H2,1-2H3,(H,25,26,30). The Morgan fingerprint density at radius 3 is 3.06 bits per heavy atom.